The smallest absolute Gasteiger partial charge is 0.325 e. The number of nitro groups is 1. The van der Waals surface area contributed by atoms with Crippen LogP contribution in [0.2, 0.25) is 0 Å². The van der Waals surface area contributed by atoms with Crippen LogP contribution in [-0.2, 0) is 16.1 Å². The van der Waals surface area contributed by atoms with Gasteiger partial charge >= 0.3 is 5.97 Å². The van der Waals surface area contributed by atoms with Crippen LogP contribution < -0.4 is 14.8 Å². The molecule has 2 aromatic carbocycles. The van der Waals surface area contributed by atoms with E-state index in [-0.39, 0.29) is 24.4 Å². The number of nitro benzene ring substituents is 1. The van der Waals surface area contributed by atoms with Gasteiger partial charge in [-0.25, -0.2) is 0 Å². The van der Waals surface area contributed by atoms with Crippen LogP contribution in [0.25, 0.3) is 0 Å². The van der Waals surface area contributed by atoms with E-state index < -0.39 is 16.8 Å². The number of hydrogen-bond donors (Lipinski definition) is 1. The Kier molecular flexibility index (Phi) is 6.70. The van der Waals surface area contributed by atoms with E-state index in [0.717, 1.165) is 6.07 Å². The van der Waals surface area contributed by atoms with Gasteiger partial charge in [-0.3, -0.25) is 19.7 Å². The number of esters is 1. The van der Waals surface area contributed by atoms with Gasteiger partial charge in [0.05, 0.1) is 19.1 Å². The van der Waals surface area contributed by atoms with Gasteiger partial charge in [0.15, 0.2) is 0 Å². The Morgan fingerprint density at radius 2 is 1.89 bits per heavy atom. The fourth-order valence-corrected chi connectivity index (χ4v) is 2.22. The molecule has 0 fully saturated rings. The summed E-state index contributed by atoms with van der Waals surface area (Å²) >= 11 is 0. The number of benzene rings is 2. The highest BCUT2D eigenvalue weighted by molar-refractivity contribution is 5.96. The molecular weight excluding hydrogens is 356 g/mol. The van der Waals surface area contributed by atoms with Gasteiger partial charge in [0, 0.05) is 23.3 Å². The van der Waals surface area contributed by atoms with Crippen molar-refractivity contribution in [2.45, 2.75) is 6.61 Å². The molecule has 0 saturated carbocycles. The fourth-order valence-electron chi connectivity index (χ4n) is 2.22. The molecule has 1 amide bonds. The Morgan fingerprint density at radius 3 is 2.56 bits per heavy atom. The minimum atomic E-state index is -0.668. The van der Waals surface area contributed by atoms with Crippen molar-refractivity contribution in [2.75, 3.05) is 20.8 Å². The molecule has 27 heavy (non-hydrogen) atoms. The van der Waals surface area contributed by atoms with Crippen molar-refractivity contribution in [3.05, 3.63) is 63.7 Å². The third-order valence-electron chi connectivity index (χ3n) is 3.59. The largest absolute Gasteiger partial charge is 0.497 e. The third-order valence-corrected chi connectivity index (χ3v) is 3.59. The Bertz CT molecular complexity index is 851. The van der Waals surface area contributed by atoms with Crippen molar-refractivity contribution in [1.29, 1.82) is 0 Å². The molecule has 0 spiro atoms. The van der Waals surface area contributed by atoms with E-state index >= 15 is 0 Å². The zero-order valence-electron chi connectivity index (χ0n) is 14.8. The van der Waals surface area contributed by atoms with Gasteiger partial charge in [0.2, 0.25) is 0 Å². The van der Waals surface area contributed by atoms with Gasteiger partial charge in [0.1, 0.15) is 24.7 Å². The van der Waals surface area contributed by atoms with Gasteiger partial charge in [-0.05, 0) is 24.3 Å². The SMILES string of the molecule is COc1ccc(OC)c(COC(=O)CNC(=O)c2cccc([N+](=O)[O-])c2)c1. The van der Waals surface area contributed by atoms with Gasteiger partial charge in [-0.15, -0.1) is 0 Å². The monoisotopic (exact) mass is 374 g/mol. The summed E-state index contributed by atoms with van der Waals surface area (Å²) in [6.07, 6.45) is 0. The fraction of sp³-hybridized carbons (Fsp3) is 0.222. The second kappa shape index (κ2) is 9.18. The molecule has 2 rings (SSSR count). The lowest BCUT2D eigenvalue weighted by Crippen LogP contribution is -2.30. The molecule has 1 N–H and O–H groups in total. The average Bonchev–Trinajstić information content (AvgIpc) is 2.70. The van der Waals surface area contributed by atoms with Crippen LogP contribution in [0.4, 0.5) is 5.69 Å². The zero-order valence-corrected chi connectivity index (χ0v) is 14.8. The van der Waals surface area contributed by atoms with Crippen LogP contribution in [-0.4, -0.2) is 37.6 Å². The second-order valence-corrected chi connectivity index (χ2v) is 5.33. The van der Waals surface area contributed by atoms with Crippen molar-refractivity contribution >= 4 is 17.6 Å². The Balaban J connectivity index is 1.90. The van der Waals surface area contributed by atoms with E-state index in [1.807, 2.05) is 0 Å². The summed E-state index contributed by atoms with van der Waals surface area (Å²) in [6, 6.07) is 10.3. The molecule has 0 aliphatic heterocycles. The first-order valence-electron chi connectivity index (χ1n) is 7.83. The maximum absolute atomic E-state index is 12.0. The summed E-state index contributed by atoms with van der Waals surface area (Å²) in [6.45, 7) is -0.445. The van der Waals surface area contributed by atoms with E-state index in [1.165, 1.54) is 32.4 Å². The summed E-state index contributed by atoms with van der Waals surface area (Å²) < 4.78 is 15.4. The van der Waals surface area contributed by atoms with Gasteiger partial charge in [-0.1, -0.05) is 6.07 Å². The molecule has 0 saturated heterocycles. The molecule has 0 bridgehead atoms. The lowest BCUT2D eigenvalue weighted by molar-refractivity contribution is -0.384. The van der Waals surface area contributed by atoms with E-state index in [0.29, 0.717) is 17.1 Å². The quantitative estimate of drug-likeness (QED) is 0.427. The predicted molar refractivity (Wildman–Crippen MR) is 94.8 cm³/mol. The highest BCUT2D eigenvalue weighted by atomic mass is 16.6. The molecule has 0 atom stereocenters. The molecule has 0 heterocycles. The number of ether oxygens (including phenoxy) is 3. The maximum atomic E-state index is 12.0. The number of nitrogens with one attached hydrogen (secondary N) is 1. The average molecular weight is 374 g/mol. The Morgan fingerprint density at radius 1 is 1.11 bits per heavy atom. The number of amides is 1. The molecule has 142 valence electrons. The van der Waals surface area contributed by atoms with Crippen LogP contribution in [0.3, 0.4) is 0 Å². The minimum Gasteiger partial charge on any atom is -0.497 e. The lowest BCUT2D eigenvalue weighted by Gasteiger charge is -2.11. The molecule has 0 aromatic heterocycles. The summed E-state index contributed by atoms with van der Waals surface area (Å²) in [4.78, 5) is 34.0. The summed E-state index contributed by atoms with van der Waals surface area (Å²) in [7, 11) is 3.01. The molecular formula is C18H18N2O7. The molecule has 0 unspecified atom stereocenters. The van der Waals surface area contributed by atoms with Crippen LogP contribution in [0.15, 0.2) is 42.5 Å². The van der Waals surface area contributed by atoms with Crippen molar-refractivity contribution in [1.82, 2.24) is 5.32 Å². The number of carbonyl (C=O) groups excluding carboxylic acids is 2. The highest BCUT2D eigenvalue weighted by Gasteiger charge is 2.14. The zero-order chi connectivity index (χ0) is 19.8. The number of nitrogens with zero attached hydrogens (tertiary/aromatic N) is 1. The first kappa shape index (κ1) is 19.7. The first-order chi connectivity index (χ1) is 12.9. The second-order valence-electron chi connectivity index (χ2n) is 5.33. The molecule has 0 aliphatic rings. The van der Waals surface area contributed by atoms with Gasteiger partial charge < -0.3 is 19.5 Å². The normalized spacial score (nSPS) is 10.0. The highest BCUT2D eigenvalue weighted by Crippen LogP contribution is 2.24. The maximum Gasteiger partial charge on any atom is 0.325 e. The van der Waals surface area contributed by atoms with E-state index in [9.17, 15) is 19.7 Å². The number of methoxy groups -OCH3 is 2. The topological polar surface area (TPSA) is 117 Å². The minimum absolute atomic E-state index is 0.0636. The van der Waals surface area contributed by atoms with Crippen LogP contribution >= 0.6 is 0 Å². The molecule has 9 heteroatoms. The van der Waals surface area contributed by atoms with Gasteiger partial charge in [-0.2, -0.15) is 0 Å². The number of rotatable bonds is 8. The molecule has 2 aromatic rings. The van der Waals surface area contributed by atoms with Crippen molar-refractivity contribution in [3.8, 4) is 11.5 Å². The molecule has 0 radical (unpaired) electrons. The molecule has 0 aliphatic carbocycles. The van der Waals surface area contributed by atoms with E-state index in [1.54, 1.807) is 18.2 Å². The Labute approximate surface area is 155 Å². The number of non-ortho nitro benzene ring substituents is 1. The van der Waals surface area contributed by atoms with E-state index in [2.05, 4.69) is 5.32 Å². The van der Waals surface area contributed by atoms with Crippen molar-refractivity contribution < 1.29 is 28.7 Å². The first-order valence-corrected chi connectivity index (χ1v) is 7.83. The van der Waals surface area contributed by atoms with Crippen LogP contribution in [0, 0.1) is 10.1 Å². The number of hydrogen-bond acceptors (Lipinski definition) is 7. The van der Waals surface area contributed by atoms with Gasteiger partial charge in [0.25, 0.3) is 11.6 Å². The lowest BCUT2D eigenvalue weighted by atomic mass is 10.2. The Hall–Kier alpha value is -3.62. The predicted octanol–water partition coefficient (Wildman–Crippen LogP) is 2.09. The summed E-state index contributed by atoms with van der Waals surface area (Å²) in [5.74, 6) is -0.168. The van der Waals surface area contributed by atoms with Crippen LogP contribution in [0.5, 0.6) is 11.5 Å². The third kappa shape index (κ3) is 5.43. The van der Waals surface area contributed by atoms with Crippen LogP contribution in [0.1, 0.15) is 15.9 Å². The number of carbonyl (C=O) groups is 2. The summed E-state index contributed by atoms with van der Waals surface area (Å²) in [5.41, 5.74) is 0.469. The molecule has 9 nitrogen and oxygen atoms in total. The van der Waals surface area contributed by atoms with Crippen molar-refractivity contribution in [3.63, 3.8) is 0 Å². The van der Waals surface area contributed by atoms with E-state index in [4.69, 9.17) is 14.2 Å². The standard InChI is InChI=1S/C18H18N2O7/c1-25-15-6-7-16(26-2)13(9-15)11-27-17(21)10-19-18(22)12-4-3-5-14(8-12)20(23)24/h3-9H,10-11H2,1-2H3,(H,19,22). The van der Waals surface area contributed by atoms with Crippen molar-refractivity contribution in [2.24, 2.45) is 0 Å². The summed E-state index contributed by atoms with van der Waals surface area (Å²) in [5, 5.41) is 13.1.